The topological polar surface area (TPSA) is 40.5 Å². The minimum atomic E-state index is -0.685. The van der Waals surface area contributed by atoms with Crippen molar-refractivity contribution in [2.45, 2.75) is 32.7 Å². The molecule has 1 N–H and O–H groups in total. The highest BCUT2D eigenvalue weighted by Gasteiger charge is 2.26. The van der Waals surface area contributed by atoms with Gasteiger partial charge in [0.1, 0.15) is 17.1 Å². The van der Waals surface area contributed by atoms with Crippen molar-refractivity contribution in [3.63, 3.8) is 0 Å². The fourth-order valence-electron chi connectivity index (χ4n) is 2.14. The number of hydrogen-bond donors (Lipinski definition) is 1. The van der Waals surface area contributed by atoms with E-state index < -0.39 is 11.7 Å². The van der Waals surface area contributed by atoms with Gasteiger partial charge >= 0.3 is 0 Å². The number of rotatable bonds is 6. The molecule has 0 aliphatic carbocycles. The van der Waals surface area contributed by atoms with Crippen LogP contribution in [0, 0.1) is 5.82 Å². The molecule has 0 radical (unpaired) electrons. The van der Waals surface area contributed by atoms with Crippen molar-refractivity contribution < 1.29 is 14.3 Å². The molecule has 0 bridgehead atoms. The Morgan fingerprint density at radius 1 is 1.42 bits per heavy atom. The maximum atomic E-state index is 13.8. The number of nitrogens with zero attached hydrogens (tertiary/aromatic N) is 1. The first-order valence-corrected chi connectivity index (χ1v) is 7.53. The van der Waals surface area contributed by atoms with E-state index in [1.165, 1.54) is 18.2 Å². The van der Waals surface area contributed by atoms with E-state index in [1.807, 2.05) is 13.8 Å². The van der Waals surface area contributed by atoms with Crippen LogP contribution in [-0.4, -0.2) is 33.8 Å². The van der Waals surface area contributed by atoms with Crippen molar-refractivity contribution in [2.75, 3.05) is 11.9 Å². The second-order valence-corrected chi connectivity index (χ2v) is 5.08. The summed E-state index contributed by atoms with van der Waals surface area (Å²) in [6.07, 6.45) is 1.59. The number of phenols is 1. The Morgan fingerprint density at radius 2 is 2.05 bits per heavy atom. The van der Waals surface area contributed by atoms with Gasteiger partial charge in [0.15, 0.2) is 0 Å². The van der Waals surface area contributed by atoms with Crippen LogP contribution >= 0.6 is 15.9 Å². The molecule has 0 aromatic heterocycles. The first kappa shape index (κ1) is 16.0. The number of aromatic hydroxyl groups is 1. The summed E-state index contributed by atoms with van der Waals surface area (Å²) in [5, 5.41) is 10.3. The van der Waals surface area contributed by atoms with Crippen molar-refractivity contribution in [1.29, 1.82) is 0 Å². The maximum Gasteiger partial charge on any atom is 0.260 e. The fraction of sp³-hybridized carbons (Fsp3) is 0.500. The van der Waals surface area contributed by atoms with Crippen molar-refractivity contribution >= 4 is 21.8 Å². The molecular formula is C14H19BrFNO2. The van der Waals surface area contributed by atoms with Gasteiger partial charge in [0, 0.05) is 17.9 Å². The highest BCUT2D eigenvalue weighted by atomic mass is 79.9. The van der Waals surface area contributed by atoms with Crippen LogP contribution < -0.4 is 0 Å². The third kappa shape index (κ3) is 3.69. The zero-order valence-corrected chi connectivity index (χ0v) is 12.8. The highest BCUT2D eigenvalue weighted by molar-refractivity contribution is 9.09. The van der Waals surface area contributed by atoms with Crippen LogP contribution in [0.5, 0.6) is 5.75 Å². The minimum Gasteiger partial charge on any atom is -0.507 e. The Hall–Kier alpha value is -1.10. The smallest absolute Gasteiger partial charge is 0.260 e. The third-order valence-electron chi connectivity index (χ3n) is 3.18. The van der Waals surface area contributed by atoms with Gasteiger partial charge in [-0.25, -0.2) is 4.39 Å². The zero-order valence-electron chi connectivity index (χ0n) is 11.2. The van der Waals surface area contributed by atoms with Gasteiger partial charge in [-0.05, 0) is 25.0 Å². The van der Waals surface area contributed by atoms with Crippen molar-refractivity contribution in [1.82, 2.24) is 4.90 Å². The molecule has 1 amide bonds. The second kappa shape index (κ2) is 7.48. The molecule has 1 aromatic rings. The molecule has 5 heteroatoms. The van der Waals surface area contributed by atoms with Gasteiger partial charge in [-0.15, -0.1) is 0 Å². The van der Waals surface area contributed by atoms with E-state index in [1.54, 1.807) is 4.90 Å². The molecule has 19 heavy (non-hydrogen) atoms. The Balaban J connectivity index is 3.12. The van der Waals surface area contributed by atoms with E-state index in [2.05, 4.69) is 15.9 Å². The summed E-state index contributed by atoms with van der Waals surface area (Å²) in [6.45, 7) is 4.47. The number of carbonyl (C=O) groups is 1. The standard InChI is InChI=1S/C14H19BrFNO2/c1-3-10(4-2)17(9-8-15)14(19)13-11(16)6-5-7-12(13)18/h5-7,10,18H,3-4,8-9H2,1-2H3. The molecule has 3 nitrogen and oxygen atoms in total. The van der Waals surface area contributed by atoms with Gasteiger partial charge in [0.25, 0.3) is 5.91 Å². The molecule has 0 fully saturated rings. The van der Waals surface area contributed by atoms with Gasteiger partial charge in [0.05, 0.1) is 0 Å². The molecule has 0 unspecified atom stereocenters. The Labute approximate surface area is 121 Å². The molecule has 0 spiro atoms. The van der Waals surface area contributed by atoms with Crippen molar-refractivity contribution in [3.05, 3.63) is 29.6 Å². The number of amides is 1. The third-order valence-corrected chi connectivity index (χ3v) is 3.53. The first-order chi connectivity index (χ1) is 9.06. The summed E-state index contributed by atoms with van der Waals surface area (Å²) in [5.74, 6) is -1.45. The average Bonchev–Trinajstić information content (AvgIpc) is 2.38. The van der Waals surface area contributed by atoms with Crippen LogP contribution in [0.2, 0.25) is 0 Å². The number of benzene rings is 1. The van der Waals surface area contributed by atoms with Crippen LogP contribution in [0.1, 0.15) is 37.0 Å². The maximum absolute atomic E-state index is 13.8. The van der Waals surface area contributed by atoms with Gasteiger partial charge in [-0.1, -0.05) is 35.8 Å². The molecule has 0 saturated carbocycles. The van der Waals surface area contributed by atoms with E-state index in [4.69, 9.17) is 0 Å². The average molecular weight is 332 g/mol. The Bertz CT molecular complexity index is 415. The van der Waals surface area contributed by atoms with Gasteiger partial charge in [-0.3, -0.25) is 4.79 Å². The van der Waals surface area contributed by atoms with E-state index in [0.717, 1.165) is 12.8 Å². The summed E-state index contributed by atoms with van der Waals surface area (Å²) in [4.78, 5) is 14.1. The lowest BCUT2D eigenvalue weighted by molar-refractivity contribution is 0.0675. The molecule has 1 rings (SSSR count). The van der Waals surface area contributed by atoms with Gasteiger partial charge < -0.3 is 10.0 Å². The molecule has 0 aliphatic heterocycles. The number of carbonyl (C=O) groups excluding carboxylic acids is 1. The molecule has 0 saturated heterocycles. The van der Waals surface area contributed by atoms with Crippen LogP contribution in [0.4, 0.5) is 4.39 Å². The van der Waals surface area contributed by atoms with E-state index >= 15 is 0 Å². The summed E-state index contributed by atoms with van der Waals surface area (Å²) in [5.41, 5.74) is -0.240. The van der Waals surface area contributed by atoms with Gasteiger partial charge in [0.2, 0.25) is 0 Å². The van der Waals surface area contributed by atoms with E-state index in [0.29, 0.717) is 11.9 Å². The molecule has 106 valence electrons. The lowest BCUT2D eigenvalue weighted by Gasteiger charge is -2.30. The van der Waals surface area contributed by atoms with Crippen LogP contribution in [0.25, 0.3) is 0 Å². The lowest BCUT2D eigenvalue weighted by atomic mass is 10.1. The number of phenolic OH excluding ortho intramolecular Hbond substituents is 1. The highest BCUT2D eigenvalue weighted by Crippen LogP contribution is 2.23. The summed E-state index contributed by atoms with van der Waals surface area (Å²) in [7, 11) is 0. The van der Waals surface area contributed by atoms with Crippen molar-refractivity contribution in [3.8, 4) is 5.75 Å². The fourth-order valence-corrected chi connectivity index (χ4v) is 2.52. The SMILES string of the molecule is CCC(CC)N(CCBr)C(=O)c1c(O)cccc1F. The molecule has 0 aliphatic rings. The van der Waals surface area contributed by atoms with Crippen LogP contribution in [0.15, 0.2) is 18.2 Å². The summed E-state index contributed by atoms with van der Waals surface area (Å²) in [6, 6.07) is 3.94. The quantitative estimate of drug-likeness (QED) is 0.809. The first-order valence-electron chi connectivity index (χ1n) is 6.41. The minimum absolute atomic E-state index is 0.0454. The number of halogens is 2. The Morgan fingerprint density at radius 3 is 2.53 bits per heavy atom. The summed E-state index contributed by atoms with van der Waals surface area (Å²) < 4.78 is 13.8. The predicted octanol–water partition coefficient (Wildman–Crippen LogP) is 3.56. The molecule has 0 heterocycles. The number of hydrogen-bond acceptors (Lipinski definition) is 2. The van der Waals surface area contributed by atoms with Crippen LogP contribution in [0.3, 0.4) is 0 Å². The lowest BCUT2D eigenvalue weighted by Crippen LogP contribution is -2.41. The molecule has 0 atom stereocenters. The summed E-state index contributed by atoms with van der Waals surface area (Å²) >= 11 is 3.30. The predicted molar refractivity (Wildman–Crippen MR) is 77.3 cm³/mol. The molecular weight excluding hydrogens is 313 g/mol. The normalized spacial score (nSPS) is 10.8. The van der Waals surface area contributed by atoms with Crippen molar-refractivity contribution in [2.24, 2.45) is 0 Å². The zero-order chi connectivity index (χ0) is 14.4. The Kier molecular flexibility index (Phi) is 6.28. The van der Waals surface area contributed by atoms with E-state index in [-0.39, 0.29) is 17.4 Å². The monoisotopic (exact) mass is 331 g/mol. The van der Waals surface area contributed by atoms with Crippen LogP contribution in [-0.2, 0) is 0 Å². The molecule has 1 aromatic carbocycles. The largest absolute Gasteiger partial charge is 0.507 e. The second-order valence-electron chi connectivity index (χ2n) is 4.29. The van der Waals surface area contributed by atoms with Gasteiger partial charge in [-0.2, -0.15) is 0 Å². The van der Waals surface area contributed by atoms with E-state index in [9.17, 15) is 14.3 Å². The number of alkyl halides is 1.